The van der Waals surface area contributed by atoms with Crippen molar-refractivity contribution in [1.29, 1.82) is 0 Å². The molecule has 5 rings (SSSR count). The maximum Gasteiger partial charge on any atom is 0.238 e. The number of ketones is 1. The van der Waals surface area contributed by atoms with E-state index in [-0.39, 0.29) is 29.5 Å². The number of carbonyl (C=O) groups excluding carboxylic acids is 1. The summed E-state index contributed by atoms with van der Waals surface area (Å²) in [6.07, 6.45) is 1.63. The van der Waals surface area contributed by atoms with Crippen molar-refractivity contribution >= 4 is 15.8 Å². The fourth-order valence-electron chi connectivity index (χ4n) is 4.15. The van der Waals surface area contributed by atoms with Crippen LogP contribution in [0, 0.1) is 5.82 Å². The first-order valence-electron chi connectivity index (χ1n) is 10.1. The molecule has 3 aromatic carbocycles. The number of carbonyl (C=O) groups is 1. The maximum absolute atomic E-state index is 14.6. The molecule has 1 fully saturated rings. The Morgan fingerprint density at radius 1 is 1.00 bits per heavy atom. The molecule has 0 atom stereocenters. The van der Waals surface area contributed by atoms with Crippen LogP contribution in [0.4, 0.5) is 4.39 Å². The van der Waals surface area contributed by atoms with E-state index in [1.165, 1.54) is 24.3 Å². The molecule has 0 amide bonds. The number of primary sulfonamides is 1. The van der Waals surface area contributed by atoms with E-state index in [0.717, 1.165) is 18.4 Å². The molecule has 0 bridgehead atoms. The molecule has 0 saturated heterocycles. The van der Waals surface area contributed by atoms with Gasteiger partial charge < -0.3 is 9.47 Å². The molecule has 2 aliphatic rings. The minimum absolute atomic E-state index is 0.0483. The zero-order valence-corrected chi connectivity index (χ0v) is 17.8. The first kappa shape index (κ1) is 20.7. The normalized spacial score (nSPS) is 16.1. The van der Waals surface area contributed by atoms with Crippen LogP contribution in [0.5, 0.6) is 11.5 Å². The number of sulfonamides is 1. The molecule has 1 aliphatic heterocycles. The second kappa shape index (κ2) is 7.43. The number of hydrogen-bond donors (Lipinski definition) is 1. The van der Waals surface area contributed by atoms with Gasteiger partial charge in [0.15, 0.2) is 11.5 Å². The number of benzene rings is 3. The van der Waals surface area contributed by atoms with Gasteiger partial charge in [-0.2, -0.15) is 0 Å². The lowest BCUT2D eigenvalue weighted by molar-refractivity contribution is -0.120. The molecular formula is C24H20FNO5S. The number of rotatable bonds is 6. The lowest BCUT2D eigenvalue weighted by atomic mass is 9.87. The lowest BCUT2D eigenvalue weighted by Crippen LogP contribution is -2.22. The molecule has 8 heteroatoms. The molecular weight excluding hydrogens is 433 g/mol. The van der Waals surface area contributed by atoms with Gasteiger partial charge in [0, 0.05) is 12.0 Å². The van der Waals surface area contributed by atoms with Gasteiger partial charge in [-0.25, -0.2) is 17.9 Å². The van der Waals surface area contributed by atoms with Crippen LogP contribution in [-0.4, -0.2) is 21.0 Å². The monoisotopic (exact) mass is 453 g/mol. The van der Waals surface area contributed by atoms with Crippen molar-refractivity contribution in [3.63, 3.8) is 0 Å². The minimum atomic E-state index is -3.92. The third kappa shape index (κ3) is 3.65. The molecule has 3 aromatic rings. The summed E-state index contributed by atoms with van der Waals surface area (Å²) in [6, 6.07) is 15.8. The summed E-state index contributed by atoms with van der Waals surface area (Å²) in [5.74, 6) is 0.846. The van der Waals surface area contributed by atoms with Crippen molar-refractivity contribution in [3.8, 4) is 22.6 Å². The van der Waals surface area contributed by atoms with Gasteiger partial charge in [-0.3, -0.25) is 4.79 Å². The van der Waals surface area contributed by atoms with Gasteiger partial charge in [0.25, 0.3) is 0 Å². The number of Topliss-reactive ketones (excluding diaryl/α,β-unsaturated/α-hetero) is 1. The number of halogens is 1. The fraction of sp³-hybridized carbons (Fsp3) is 0.208. The zero-order chi connectivity index (χ0) is 22.5. The molecule has 0 unspecified atom stereocenters. The second-order valence-electron chi connectivity index (χ2n) is 8.14. The van der Waals surface area contributed by atoms with Crippen LogP contribution in [0.1, 0.15) is 24.0 Å². The summed E-state index contributed by atoms with van der Waals surface area (Å²) in [6.45, 7) is 0.171. The van der Waals surface area contributed by atoms with E-state index in [0.29, 0.717) is 22.6 Å². The van der Waals surface area contributed by atoms with Gasteiger partial charge in [0.1, 0.15) is 11.6 Å². The van der Waals surface area contributed by atoms with Crippen LogP contribution >= 0.6 is 0 Å². The molecule has 0 radical (unpaired) electrons. The van der Waals surface area contributed by atoms with E-state index in [2.05, 4.69) is 0 Å². The smallest absolute Gasteiger partial charge is 0.238 e. The van der Waals surface area contributed by atoms with E-state index in [4.69, 9.17) is 14.6 Å². The van der Waals surface area contributed by atoms with E-state index >= 15 is 0 Å². The molecule has 164 valence electrons. The third-order valence-corrected chi connectivity index (χ3v) is 6.99. The highest BCUT2D eigenvalue weighted by Crippen LogP contribution is 2.51. The van der Waals surface area contributed by atoms with Crippen molar-refractivity contribution in [2.45, 2.75) is 29.6 Å². The third-order valence-electron chi connectivity index (χ3n) is 6.08. The topological polar surface area (TPSA) is 95.7 Å². The number of hydrogen-bond acceptors (Lipinski definition) is 5. The Morgan fingerprint density at radius 2 is 1.78 bits per heavy atom. The average molecular weight is 453 g/mol. The van der Waals surface area contributed by atoms with Crippen LogP contribution in [0.3, 0.4) is 0 Å². The predicted octanol–water partition coefficient (Wildman–Crippen LogP) is 3.71. The van der Waals surface area contributed by atoms with E-state index in [1.54, 1.807) is 18.2 Å². The zero-order valence-electron chi connectivity index (χ0n) is 17.0. The van der Waals surface area contributed by atoms with Crippen molar-refractivity contribution in [1.82, 2.24) is 0 Å². The van der Waals surface area contributed by atoms with Gasteiger partial charge in [-0.05, 0) is 65.9 Å². The molecule has 6 nitrogen and oxygen atoms in total. The van der Waals surface area contributed by atoms with Crippen LogP contribution in [0.2, 0.25) is 0 Å². The van der Waals surface area contributed by atoms with Crippen molar-refractivity contribution in [3.05, 3.63) is 77.6 Å². The quantitative estimate of drug-likeness (QED) is 0.614. The van der Waals surface area contributed by atoms with Crippen LogP contribution in [0.15, 0.2) is 65.6 Å². The second-order valence-corrected chi connectivity index (χ2v) is 9.70. The molecule has 2 N–H and O–H groups in total. The van der Waals surface area contributed by atoms with E-state index in [1.807, 2.05) is 18.2 Å². The Hall–Kier alpha value is -3.23. The van der Waals surface area contributed by atoms with Crippen LogP contribution < -0.4 is 14.6 Å². The fourth-order valence-corrected chi connectivity index (χ4v) is 4.71. The Labute approximate surface area is 184 Å². The van der Waals surface area contributed by atoms with Crippen LogP contribution in [-0.2, 0) is 26.7 Å². The Balaban J connectivity index is 1.43. The average Bonchev–Trinajstić information content (AvgIpc) is 3.45. The predicted molar refractivity (Wildman–Crippen MR) is 115 cm³/mol. The summed E-state index contributed by atoms with van der Waals surface area (Å²) >= 11 is 0. The molecule has 32 heavy (non-hydrogen) atoms. The number of fused-ring (bicyclic) bond motifs is 1. The van der Waals surface area contributed by atoms with Crippen LogP contribution in [0.25, 0.3) is 11.1 Å². The number of nitrogens with two attached hydrogens (primary N) is 1. The van der Waals surface area contributed by atoms with Crippen molar-refractivity contribution in [2.75, 3.05) is 6.79 Å². The molecule has 1 heterocycles. The Kier molecular flexibility index (Phi) is 4.79. The van der Waals surface area contributed by atoms with Crippen molar-refractivity contribution < 1.29 is 27.1 Å². The molecule has 1 saturated carbocycles. The lowest BCUT2D eigenvalue weighted by Gasteiger charge is -2.16. The highest BCUT2D eigenvalue weighted by atomic mass is 32.2. The van der Waals surface area contributed by atoms with E-state index in [9.17, 15) is 17.6 Å². The van der Waals surface area contributed by atoms with Gasteiger partial charge in [0.05, 0.1) is 10.3 Å². The summed E-state index contributed by atoms with van der Waals surface area (Å²) < 4.78 is 48.7. The highest BCUT2D eigenvalue weighted by Gasteiger charge is 2.50. The standard InChI is InChI=1S/C24H20FNO5S/c25-20-6-4-15(10-19(20)16-2-1-3-18(12-16)32(26,28)29)11-23(27)24(8-9-24)17-5-7-21-22(13-17)31-14-30-21/h1-7,10,12-13H,8-9,11,14H2,(H2,26,28,29). The SMILES string of the molecule is NS(=O)(=O)c1cccc(-c2cc(CC(=O)C3(c4ccc5c(c4)OCO5)CC3)ccc2F)c1. The summed E-state index contributed by atoms with van der Waals surface area (Å²) in [4.78, 5) is 13.2. The highest BCUT2D eigenvalue weighted by molar-refractivity contribution is 7.89. The minimum Gasteiger partial charge on any atom is -0.454 e. The first-order chi connectivity index (χ1) is 15.3. The Bertz CT molecular complexity index is 1350. The summed E-state index contributed by atoms with van der Waals surface area (Å²) in [5.41, 5.74) is 1.58. The maximum atomic E-state index is 14.6. The van der Waals surface area contributed by atoms with Gasteiger partial charge in [-0.15, -0.1) is 0 Å². The van der Waals surface area contributed by atoms with E-state index < -0.39 is 21.3 Å². The molecule has 1 aliphatic carbocycles. The van der Waals surface area contributed by atoms with Gasteiger partial charge in [-0.1, -0.05) is 24.3 Å². The number of ether oxygens (including phenoxy) is 2. The Morgan fingerprint density at radius 3 is 2.53 bits per heavy atom. The summed E-state index contributed by atoms with van der Waals surface area (Å²) in [7, 11) is -3.92. The van der Waals surface area contributed by atoms with Crippen molar-refractivity contribution in [2.24, 2.45) is 5.14 Å². The molecule has 0 spiro atoms. The summed E-state index contributed by atoms with van der Waals surface area (Å²) in [5, 5.41) is 5.20. The largest absolute Gasteiger partial charge is 0.454 e. The van der Waals surface area contributed by atoms with Gasteiger partial charge in [0.2, 0.25) is 16.8 Å². The van der Waals surface area contributed by atoms with Gasteiger partial charge >= 0.3 is 0 Å². The molecule has 0 aromatic heterocycles. The first-order valence-corrected chi connectivity index (χ1v) is 11.7.